The summed E-state index contributed by atoms with van der Waals surface area (Å²) in [5, 5.41) is 0. The summed E-state index contributed by atoms with van der Waals surface area (Å²) in [6, 6.07) is 3.45. The number of likely N-dealkylation sites (tertiary alicyclic amines) is 1. The van der Waals surface area contributed by atoms with Crippen molar-refractivity contribution < 1.29 is 22.7 Å². The van der Waals surface area contributed by atoms with Crippen LogP contribution in [0.5, 0.6) is 11.5 Å². The molecule has 0 radical (unpaired) electrons. The Hall–Kier alpha value is -1.80. The molecule has 1 heterocycles. The van der Waals surface area contributed by atoms with Crippen LogP contribution < -0.4 is 14.2 Å². The molecular weight excluding hydrogens is 368 g/mol. The first-order valence-electron chi connectivity index (χ1n) is 9.37. The smallest absolute Gasteiger partial charge is 0.244 e. The number of hydrogen-bond acceptors (Lipinski definition) is 5. The molecule has 1 saturated carbocycles. The maximum Gasteiger partial charge on any atom is 0.244 e. The molecule has 0 spiro atoms. The molecule has 7 nitrogen and oxygen atoms in total. The predicted octanol–water partition coefficient (Wildman–Crippen LogP) is 2.08. The number of rotatable bonds is 7. The number of nitrogens with zero attached hydrogens (tertiary/aromatic N) is 1. The molecule has 2 fully saturated rings. The van der Waals surface area contributed by atoms with Crippen molar-refractivity contribution in [2.24, 2.45) is 5.92 Å². The van der Waals surface area contributed by atoms with Gasteiger partial charge in [0.15, 0.2) is 0 Å². The first-order chi connectivity index (χ1) is 12.9. The van der Waals surface area contributed by atoms with Crippen molar-refractivity contribution in [1.29, 1.82) is 0 Å². The molecule has 1 saturated heterocycles. The van der Waals surface area contributed by atoms with Gasteiger partial charge in [-0.25, -0.2) is 13.1 Å². The highest BCUT2D eigenvalue weighted by Gasteiger charge is 2.36. The topological polar surface area (TPSA) is 84.9 Å². The number of carbonyl (C=O) groups excluding carboxylic acids is 1. The van der Waals surface area contributed by atoms with E-state index >= 15 is 0 Å². The van der Waals surface area contributed by atoms with Crippen LogP contribution in [0.4, 0.5) is 0 Å². The van der Waals surface area contributed by atoms with Gasteiger partial charge in [0.2, 0.25) is 15.9 Å². The molecule has 1 aliphatic carbocycles. The largest absolute Gasteiger partial charge is 0.496 e. The minimum Gasteiger partial charge on any atom is -0.496 e. The minimum absolute atomic E-state index is 0.00814. The average Bonchev–Trinajstić information content (AvgIpc) is 3.29. The number of carbonyl (C=O) groups is 1. The van der Waals surface area contributed by atoms with Crippen molar-refractivity contribution in [1.82, 2.24) is 9.62 Å². The SMILES string of the molecule is COc1cc(S(=O)(=O)NC[C@H]2CC(=O)N(C3CCCC3)C2)c(OC)cc1C. The molecule has 1 atom stereocenters. The summed E-state index contributed by atoms with van der Waals surface area (Å²) in [4.78, 5) is 14.3. The van der Waals surface area contributed by atoms with E-state index < -0.39 is 10.0 Å². The minimum atomic E-state index is -3.78. The van der Waals surface area contributed by atoms with Gasteiger partial charge in [-0.05, 0) is 37.3 Å². The number of methoxy groups -OCH3 is 2. The third kappa shape index (κ3) is 4.21. The van der Waals surface area contributed by atoms with Gasteiger partial charge in [0.1, 0.15) is 16.4 Å². The highest BCUT2D eigenvalue weighted by atomic mass is 32.2. The summed E-state index contributed by atoms with van der Waals surface area (Å²) in [7, 11) is -0.838. The average molecular weight is 397 g/mol. The van der Waals surface area contributed by atoms with Crippen LogP contribution in [0.2, 0.25) is 0 Å². The van der Waals surface area contributed by atoms with E-state index in [4.69, 9.17) is 9.47 Å². The monoisotopic (exact) mass is 396 g/mol. The number of sulfonamides is 1. The van der Waals surface area contributed by atoms with E-state index in [1.807, 2.05) is 11.8 Å². The van der Waals surface area contributed by atoms with Gasteiger partial charge < -0.3 is 14.4 Å². The fraction of sp³-hybridized carbons (Fsp3) is 0.632. The molecule has 0 bridgehead atoms. The zero-order chi connectivity index (χ0) is 19.6. The van der Waals surface area contributed by atoms with E-state index in [1.54, 1.807) is 6.07 Å². The number of aryl methyl sites for hydroxylation is 1. The third-order valence-corrected chi connectivity index (χ3v) is 6.98. The van der Waals surface area contributed by atoms with E-state index in [0.717, 1.165) is 18.4 Å². The Balaban J connectivity index is 1.69. The van der Waals surface area contributed by atoms with Crippen LogP contribution >= 0.6 is 0 Å². The van der Waals surface area contributed by atoms with Crippen molar-refractivity contribution in [3.8, 4) is 11.5 Å². The summed E-state index contributed by atoms with van der Waals surface area (Å²) in [5.41, 5.74) is 0.793. The van der Waals surface area contributed by atoms with Gasteiger partial charge in [0.25, 0.3) is 0 Å². The van der Waals surface area contributed by atoms with Gasteiger partial charge in [0, 0.05) is 31.6 Å². The summed E-state index contributed by atoms with van der Waals surface area (Å²) in [6.07, 6.45) is 4.85. The molecule has 2 aliphatic rings. The van der Waals surface area contributed by atoms with Gasteiger partial charge in [-0.1, -0.05) is 12.8 Å². The van der Waals surface area contributed by atoms with E-state index in [-0.39, 0.29) is 29.0 Å². The Morgan fingerprint density at radius 1 is 1.15 bits per heavy atom. The molecule has 0 unspecified atom stereocenters. The molecule has 1 aliphatic heterocycles. The van der Waals surface area contributed by atoms with E-state index in [9.17, 15) is 13.2 Å². The maximum absolute atomic E-state index is 12.8. The zero-order valence-corrected chi connectivity index (χ0v) is 17.0. The Labute approximate surface area is 161 Å². The van der Waals surface area contributed by atoms with Crippen LogP contribution in [-0.2, 0) is 14.8 Å². The Kier molecular flexibility index (Phi) is 5.95. The van der Waals surface area contributed by atoms with Gasteiger partial charge in [-0.3, -0.25) is 4.79 Å². The lowest BCUT2D eigenvalue weighted by atomic mass is 10.1. The highest BCUT2D eigenvalue weighted by Crippen LogP contribution is 2.32. The van der Waals surface area contributed by atoms with Crippen molar-refractivity contribution >= 4 is 15.9 Å². The highest BCUT2D eigenvalue weighted by molar-refractivity contribution is 7.89. The van der Waals surface area contributed by atoms with Crippen LogP contribution in [0.25, 0.3) is 0 Å². The molecule has 1 aromatic rings. The Morgan fingerprint density at radius 3 is 2.44 bits per heavy atom. The van der Waals surface area contributed by atoms with Crippen molar-refractivity contribution in [2.75, 3.05) is 27.3 Å². The second-order valence-electron chi connectivity index (χ2n) is 7.38. The van der Waals surface area contributed by atoms with Crippen LogP contribution in [0, 0.1) is 12.8 Å². The Morgan fingerprint density at radius 2 is 1.81 bits per heavy atom. The molecular formula is C19H28N2O5S. The first kappa shape index (κ1) is 19.9. The third-order valence-electron chi connectivity index (χ3n) is 5.54. The van der Waals surface area contributed by atoms with Gasteiger partial charge >= 0.3 is 0 Å². The fourth-order valence-corrected chi connectivity index (χ4v) is 5.33. The normalized spacial score (nSPS) is 21.1. The van der Waals surface area contributed by atoms with Gasteiger partial charge in [0.05, 0.1) is 14.2 Å². The number of ether oxygens (including phenoxy) is 2. The molecule has 0 aromatic heterocycles. The zero-order valence-electron chi connectivity index (χ0n) is 16.2. The summed E-state index contributed by atoms with van der Waals surface area (Å²) < 4.78 is 38.8. The lowest BCUT2D eigenvalue weighted by Gasteiger charge is -2.24. The molecule has 1 amide bonds. The number of hydrogen-bond donors (Lipinski definition) is 1. The number of amides is 1. The molecule has 3 rings (SSSR count). The lowest BCUT2D eigenvalue weighted by molar-refractivity contribution is -0.129. The molecule has 1 N–H and O–H groups in total. The van der Waals surface area contributed by atoms with Crippen LogP contribution in [0.1, 0.15) is 37.7 Å². The van der Waals surface area contributed by atoms with Crippen molar-refractivity contribution in [3.05, 3.63) is 17.7 Å². The van der Waals surface area contributed by atoms with Crippen LogP contribution in [-0.4, -0.2) is 52.6 Å². The fourth-order valence-electron chi connectivity index (χ4n) is 4.05. The lowest BCUT2D eigenvalue weighted by Crippen LogP contribution is -2.36. The molecule has 1 aromatic carbocycles. The van der Waals surface area contributed by atoms with E-state index in [2.05, 4.69) is 4.72 Å². The van der Waals surface area contributed by atoms with Crippen molar-refractivity contribution in [3.63, 3.8) is 0 Å². The Bertz CT molecular complexity index is 803. The van der Waals surface area contributed by atoms with Gasteiger partial charge in [-0.2, -0.15) is 0 Å². The van der Waals surface area contributed by atoms with E-state index in [1.165, 1.54) is 33.1 Å². The van der Waals surface area contributed by atoms with Crippen LogP contribution in [0.15, 0.2) is 17.0 Å². The number of benzene rings is 1. The van der Waals surface area contributed by atoms with E-state index in [0.29, 0.717) is 24.8 Å². The standard InChI is InChI=1S/C19H28N2O5S/c1-13-8-17(26-3)18(10-16(13)25-2)27(23,24)20-11-14-9-19(22)21(12-14)15-6-4-5-7-15/h8,10,14-15,20H,4-7,9,11-12H2,1-3H3/t14-/m1/s1. The summed E-state index contributed by atoms with van der Waals surface area (Å²) >= 11 is 0. The second-order valence-corrected chi connectivity index (χ2v) is 9.11. The first-order valence-corrected chi connectivity index (χ1v) is 10.9. The van der Waals surface area contributed by atoms with Crippen molar-refractivity contribution in [2.45, 2.75) is 50.0 Å². The molecule has 150 valence electrons. The second kappa shape index (κ2) is 8.06. The van der Waals surface area contributed by atoms with Crippen LogP contribution in [0.3, 0.4) is 0 Å². The molecule has 8 heteroatoms. The maximum atomic E-state index is 12.8. The quantitative estimate of drug-likeness (QED) is 0.763. The number of nitrogens with one attached hydrogen (secondary N) is 1. The predicted molar refractivity (Wildman–Crippen MR) is 102 cm³/mol. The summed E-state index contributed by atoms with van der Waals surface area (Å²) in [6.45, 7) is 2.68. The molecule has 27 heavy (non-hydrogen) atoms. The summed E-state index contributed by atoms with van der Waals surface area (Å²) in [5.74, 6) is 0.891. The van der Waals surface area contributed by atoms with Gasteiger partial charge in [-0.15, -0.1) is 0 Å².